The van der Waals surface area contributed by atoms with Crippen LogP contribution in [0, 0.1) is 11.8 Å². The third-order valence-electron chi connectivity index (χ3n) is 3.36. The molecule has 1 heterocycles. The van der Waals surface area contributed by atoms with Gasteiger partial charge in [-0.1, -0.05) is 13.8 Å². The van der Waals surface area contributed by atoms with Crippen LogP contribution in [0.3, 0.4) is 0 Å². The zero-order valence-corrected chi connectivity index (χ0v) is 10.5. The molecule has 0 radical (unpaired) electrons. The summed E-state index contributed by atoms with van der Waals surface area (Å²) in [6.07, 6.45) is 2.05. The Morgan fingerprint density at radius 3 is 2.38 bits per heavy atom. The van der Waals surface area contributed by atoms with E-state index >= 15 is 0 Å². The Balaban J connectivity index is 2.37. The van der Waals surface area contributed by atoms with E-state index in [-0.39, 0.29) is 17.9 Å². The van der Waals surface area contributed by atoms with E-state index in [1.807, 2.05) is 13.8 Å². The molecule has 0 saturated carbocycles. The third-order valence-corrected chi connectivity index (χ3v) is 3.36. The van der Waals surface area contributed by atoms with Gasteiger partial charge in [-0.3, -0.25) is 4.79 Å². The van der Waals surface area contributed by atoms with Crippen molar-refractivity contribution in [1.29, 1.82) is 0 Å². The lowest BCUT2D eigenvalue weighted by Crippen LogP contribution is -2.49. The standard InChI is InChI=1S/C12H24N2O2/c1-8(2)11(13)12(15)14-9(3)10-4-6-16-7-5-10/h8-11H,4-7,13H2,1-3H3,(H,14,15). The number of nitrogens with two attached hydrogens (primary N) is 1. The van der Waals surface area contributed by atoms with Crippen molar-refractivity contribution >= 4 is 5.91 Å². The summed E-state index contributed by atoms with van der Waals surface area (Å²) in [7, 11) is 0. The lowest BCUT2D eigenvalue weighted by Gasteiger charge is -2.29. The predicted octanol–water partition coefficient (Wildman–Crippen LogP) is 0.901. The molecule has 94 valence electrons. The minimum atomic E-state index is -0.401. The Hall–Kier alpha value is -0.610. The first-order valence-corrected chi connectivity index (χ1v) is 6.16. The highest BCUT2D eigenvalue weighted by molar-refractivity contribution is 5.81. The summed E-state index contributed by atoms with van der Waals surface area (Å²) < 4.78 is 5.30. The Bertz CT molecular complexity index is 225. The van der Waals surface area contributed by atoms with Crippen molar-refractivity contribution in [2.75, 3.05) is 13.2 Å². The van der Waals surface area contributed by atoms with Crippen LogP contribution in [0.1, 0.15) is 33.6 Å². The fourth-order valence-corrected chi connectivity index (χ4v) is 1.96. The molecular weight excluding hydrogens is 204 g/mol. The van der Waals surface area contributed by atoms with Crippen LogP contribution in [0.25, 0.3) is 0 Å². The van der Waals surface area contributed by atoms with E-state index in [2.05, 4.69) is 12.2 Å². The van der Waals surface area contributed by atoms with Crippen molar-refractivity contribution in [3.8, 4) is 0 Å². The van der Waals surface area contributed by atoms with Crippen LogP contribution in [0.2, 0.25) is 0 Å². The van der Waals surface area contributed by atoms with Gasteiger partial charge in [-0.2, -0.15) is 0 Å². The van der Waals surface area contributed by atoms with Gasteiger partial charge >= 0.3 is 0 Å². The lowest BCUT2D eigenvalue weighted by molar-refractivity contribution is -0.124. The van der Waals surface area contributed by atoms with Crippen LogP contribution < -0.4 is 11.1 Å². The van der Waals surface area contributed by atoms with Crippen molar-refractivity contribution in [3.63, 3.8) is 0 Å². The zero-order chi connectivity index (χ0) is 12.1. The number of ether oxygens (including phenoxy) is 1. The molecule has 2 unspecified atom stereocenters. The fourth-order valence-electron chi connectivity index (χ4n) is 1.96. The van der Waals surface area contributed by atoms with Gasteiger partial charge in [0, 0.05) is 19.3 Å². The van der Waals surface area contributed by atoms with Crippen LogP contribution in [0.5, 0.6) is 0 Å². The number of nitrogens with one attached hydrogen (secondary N) is 1. The average Bonchev–Trinajstić information content (AvgIpc) is 2.28. The van der Waals surface area contributed by atoms with E-state index in [4.69, 9.17) is 10.5 Å². The Morgan fingerprint density at radius 2 is 1.88 bits per heavy atom. The van der Waals surface area contributed by atoms with Gasteiger partial charge in [0.15, 0.2) is 0 Å². The Kier molecular flexibility index (Phi) is 5.22. The van der Waals surface area contributed by atoms with E-state index in [0.717, 1.165) is 26.1 Å². The van der Waals surface area contributed by atoms with E-state index in [1.54, 1.807) is 0 Å². The molecule has 2 atom stereocenters. The molecule has 3 N–H and O–H groups in total. The quantitative estimate of drug-likeness (QED) is 0.751. The molecule has 16 heavy (non-hydrogen) atoms. The number of rotatable bonds is 4. The fraction of sp³-hybridized carbons (Fsp3) is 0.917. The molecule has 1 amide bonds. The molecule has 1 saturated heterocycles. The van der Waals surface area contributed by atoms with Gasteiger partial charge in [-0.25, -0.2) is 0 Å². The smallest absolute Gasteiger partial charge is 0.237 e. The van der Waals surface area contributed by atoms with Crippen molar-refractivity contribution in [3.05, 3.63) is 0 Å². The van der Waals surface area contributed by atoms with Crippen molar-refractivity contribution in [2.45, 2.75) is 45.7 Å². The zero-order valence-electron chi connectivity index (χ0n) is 10.5. The Morgan fingerprint density at radius 1 is 1.31 bits per heavy atom. The van der Waals surface area contributed by atoms with E-state index in [0.29, 0.717) is 5.92 Å². The van der Waals surface area contributed by atoms with Crippen molar-refractivity contribution < 1.29 is 9.53 Å². The van der Waals surface area contributed by atoms with E-state index < -0.39 is 6.04 Å². The topological polar surface area (TPSA) is 64.4 Å². The maximum Gasteiger partial charge on any atom is 0.237 e. The van der Waals surface area contributed by atoms with Crippen LogP contribution >= 0.6 is 0 Å². The number of carbonyl (C=O) groups is 1. The maximum absolute atomic E-state index is 11.8. The van der Waals surface area contributed by atoms with Gasteiger partial charge in [0.2, 0.25) is 5.91 Å². The van der Waals surface area contributed by atoms with Crippen LogP contribution in [-0.2, 0) is 9.53 Å². The monoisotopic (exact) mass is 228 g/mol. The molecule has 0 spiro atoms. The van der Waals surface area contributed by atoms with Gasteiger partial charge in [-0.15, -0.1) is 0 Å². The summed E-state index contributed by atoms with van der Waals surface area (Å²) in [5.74, 6) is 0.674. The summed E-state index contributed by atoms with van der Waals surface area (Å²) in [5, 5.41) is 3.01. The highest BCUT2D eigenvalue weighted by atomic mass is 16.5. The molecule has 0 aromatic heterocycles. The number of carbonyl (C=O) groups excluding carboxylic acids is 1. The first kappa shape index (κ1) is 13.5. The molecule has 4 nitrogen and oxygen atoms in total. The normalized spacial score (nSPS) is 21.8. The summed E-state index contributed by atoms with van der Waals surface area (Å²) in [5.41, 5.74) is 5.80. The highest BCUT2D eigenvalue weighted by Crippen LogP contribution is 2.18. The molecule has 0 aliphatic carbocycles. The molecular formula is C12H24N2O2. The second-order valence-electron chi connectivity index (χ2n) is 5.02. The largest absolute Gasteiger partial charge is 0.381 e. The van der Waals surface area contributed by atoms with Crippen LogP contribution in [0.15, 0.2) is 0 Å². The minimum Gasteiger partial charge on any atom is -0.381 e. The lowest BCUT2D eigenvalue weighted by atomic mass is 9.92. The molecule has 1 aliphatic heterocycles. The average molecular weight is 228 g/mol. The van der Waals surface area contributed by atoms with Gasteiger partial charge in [0.25, 0.3) is 0 Å². The number of hydrogen-bond acceptors (Lipinski definition) is 3. The highest BCUT2D eigenvalue weighted by Gasteiger charge is 2.24. The second-order valence-corrected chi connectivity index (χ2v) is 5.02. The van der Waals surface area contributed by atoms with E-state index in [1.165, 1.54) is 0 Å². The molecule has 0 bridgehead atoms. The molecule has 0 aromatic rings. The molecule has 1 aliphatic rings. The third kappa shape index (κ3) is 3.76. The van der Waals surface area contributed by atoms with Gasteiger partial charge in [-0.05, 0) is 31.6 Å². The van der Waals surface area contributed by atoms with E-state index in [9.17, 15) is 4.79 Å². The minimum absolute atomic E-state index is 0.0333. The van der Waals surface area contributed by atoms with Gasteiger partial charge in [0.05, 0.1) is 6.04 Å². The second kappa shape index (κ2) is 6.21. The molecule has 1 rings (SSSR count). The Labute approximate surface area is 97.9 Å². The number of amides is 1. The predicted molar refractivity (Wildman–Crippen MR) is 64.0 cm³/mol. The SMILES string of the molecule is CC(C)C(N)C(=O)NC(C)C1CCOCC1. The first-order chi connectivity index (χ1) is 7.52. The summed E-state index contributed by atoms with van der Waals surface area (Å²) in [4.78, 5) is 11.8. The maximum atomic E-state index is 11.8. The first-order valence-electron chi connectivity index (χ1n) is 6.16. The van der Waals surface area contributed by atoms with Crippen LogP contribution in [-0.4, -0.2) is 31.2 Å². The van der Waals surface area contributed by atoms with Gasteiger partial charge < -0.3 is 15.8 Å². The molecule has 1 fully saturated rings. The molecule has 0 aromatic carbocycles. The summed E-state index contributed by atoms with van der Waals surface area (Å²) in [6.45, 7) is 7.59. The number of hydrogen-bond donors (Lipinski definition) is 2. The summed E-state index contributed by atoms with van der Waals surface area (Å²) >= 11 is 0. The summed E-state index contributed by atoms with van der Waals surface area (Å²) in [6, 6.07) is -0.205. The molecule has 4 heteroatoms. The van der Waals surface area contributed by atoms with Gasteiger partial charge in [0.1, 0.15) is 0 Å². The van der Waals surface area contributed by atoms with Crippen molar-refractivity contribution in [1.82, 2.24) is 5.32 Å². The van der Waals surface area contributed by atoms with Crippen molar-refractivity contribution in [2.24, 2.45) is 17.6 Å². The van der Waals surface area contributed by atoms with Crippen LogP contribution in [0.4, 0.5) is 0 Å².